The lowest BCUT2D eigenvalue weighted by Gasteiger charge is -2.27. The first-order valence-corrected chi connectivity index (χ1v) is 8.01. The van der Waals surface area contributed by atoms with Gasteiger partial charge in [0.1, 0.15) is 6.04 Å². The van der Waals surface area contributed by atoms with Crippen molar-refractivity contribution in [3.05, 3.63) is 54.1 Å². The van der Waals surface area contributed by atoms with Crippen LogP contribution in [-0.2, 0) is 4.79 Å². The molecule has 1 heterocycles. The topological polar surface area (TPSA) is 41.1 Å². The Balaban J connectivity index is 1.92. The molecule has 2 aromatic carbocycles. The van der Waals surface area contributed by atoms with Gasteiger partial charge in [0.25, 0.3) is 0 Å². The van der Waals surface area contributed by atoms with Crippen LogP contribution in [0.5, 0.6) is 0 Å². The van der Waals surface area contributed by atoms with Gasteiger partial charge in [-0.25, -0.2) is 0 Å². The Kier molecular flexibility index (Phi) is 4.15. The van der Waals surface area contributed by atoms with Crippen molar-refractivity contribution in [3.8, 4) is 0 Å². The lowest BCUT2D eigenvalue weighted by atomic mass is 10.0. The van der Waals surface area contributed by atoms with Crippen LogP contribution in [0.3, 0.4) is 0 Å². The number of hydrogen-bond donors (Lipinski definition) is 2. The summed E-state index contributed by atoms with van der Waals surface area (Å²) < 4.78 is 0. The molecule has 3 nitrogen and oxygen atoms in total. The van der Waals surface area contributed by atoms with E-state index in [2.05, 4.69) is 17.6 Å². The molecular formula is C17H18N2OS. The first-order chi connectivity index (χ1) is 10.3. The standard InChI is InChI=1S/C17H18N2OS/c1-2-11-18-13-8-4-3-7-12(13)16-17(20)21-15-10-6-5-9-14(15)19-16/h3-10,16,18-19H,2,11H2,1H3. The van der Waals surface area contributed by atoms with E-state index in [1.54, 1.807) is 0 Å². The second-order valence-corrected chi connectivity index (χ2v) is 6.05. The third-order valence-corrected chi connectivity index (χ3v) is 4.48. The van der Waals surface area contributed by atoms with E-state index in [9.17, 15) is 4.79 Å². The van der Waals surface area contributed by atoms with Crippen LogP contribution in [0.25, 0.3) is 0 Å². The molecule has 0 aromatic heterocycles. The summed E-state index contributed by atoms with van der Waals surface area (Å²) >= 11 is 1.32. The fraction of sp³-hybridized carbons (Fsp3) is 0.235. The molecule has 4 heteroatoms. The van der Waals surface area contributed by atoms with E-state index in [0.717, 1.165) is 34.8 Å². The lowest BCUT2D eigenvalue weighted by molar-refractivity contribution is -0.111. The number of rotatable bonds is 4. The maximum absolute atomic E-state index is 12.5. The molecule has 1 unspecified atom stereocenters. The minimum absolute atomic E-state index is 0.138. The van der Waals surface area contributed by atoms with Gasteiger partial charge in [0.15, 0.2) is 0 Å². The SMILES string of the molecule is CCCNc1ccccc1C1Nc2ccccc2SC1=O. The molecule has 1 aliphatic heterocycles. The number of anilines is 2. The minimum atomic E-state index is -0.301. The summed E-state index contributed by atoms with van der Waals surface area (Å²) in [6, 6.07) is 15.7. The molecule has 21 heavy (non-hydrogen) atoms. The van der Waals surface area contributed by atoms with E-state index in [4.69, 9.17) is 0 Å². The van der Waals surface area contributed by atoms with Crippen molar-refractivity contribution in [3.63, 3.8) is 0 Å². The smallest absolute Gasteiger partial charge is 0.220 e. The molecule has 0 amide bonds. The highest BCUT2D eigenvalue weighted by molar-refractivity contribution is 8.14. The Hall–Kier alpha value is -1.94. The van der Waals surface area contributed by atoms with Crippen molar-refractivity contribution in [2.45, 2.75) is 24.3 Å². The molecule has 0 bridgehead atoms. The van der Waals surface area contributed by atoms with Crippen LogP contribution in [0.4, 0.5) is 11.4 Å². The minimum Gasteiger partial charge on any atom is -0.385 e. The van der Waals surface area contributed by atoms with Gasteiger partial charge in [0, 0.05) is 28.4 Å². The molecular weight excluding hydrogens is 280 g/mol. The van der Waals surface area contributed by atoms with Crippen LogP contribution in [0.1, 0.15) is 24.9 Å². The van der Waals surface area contributed by atoms with Gasteiger partial charge in [0.05, 0.1) is 0 Å². The van der Waals surface area contributed by atoms with Gasteiger partial charge in [-0.05, 0) is 36.4 Å². The Morgan fingerprint density at radius 3 is 2.76 bits per heavy atom. The molecule has 0 radical (unpaired) electrons. The zero-order chi connectivity index (χ0) is 14.7. The number of carbonyl (C=O) groups excluding carboxylic acids is 1. The summed E-state index contributed by atoms with van der Waals surface area (Å²) in [4.78, 5) is 13.5. The number of fused-ring (bicyclic) bond motifs is 1. The molecule has 0 aliphatic carbocycles. The number of hydrogen-bond acceptors (Lipinski definition) is 4. The number of nitrogens with one attached hydrogen (secondary N) is 2. The average Bonchev–Trinajstić information content (AvgIpc) is 2.52. The molecule has 0 saturated heterocycles. The van der Waals surface area contributed by atoms with E-state index >= 15 is 0 Å². The fourth-order valence-corrected chi connectivity index (χ4v) is 3.33. The van der Waals surface area contributed by atoms with Crippen LogP contribution in [0.15, 0.2) is 53.4 Å². The molecule has 1 aliphatic rings. The average molecular weight is 298 g/mol. The second kappa shape index (κ2) is 6.22. The van der Waals surface area contributed by atoms with Gasteiger partial charge in [0.2, 0.25) is 5.12 Å². The molecule has 0 spiro atoms. The van der Waals surface area contributed by atoms with Crippen LogP contribution < -0.4 is 10.6 Å². The van der Waals surface area contributed by atoms with Crippen molar-refractivity contribution in [2.75, 3.05) is 17.2 Å². The van der Waals surface area contributed by atoms with E-state index in [0.29, 0.717) is 0 Å². The summed E-state index contributed by atoms with van der Waals surface area (Å²) in [7, 11) is 0. The van der Waals surface area contributed by atoms with Crippen molar-refractivity contribution >= 4 is 28.3 Å². The van der Waals surface area contributed by atoms with Gasteiger partial charge < -0.3 is 10.6 Å². The third-order valence-electron chi connectivity index (χ3n) is 3.47. The molecule has 0 fully saturated rings. The fourth-order valence-electron chi connectivity index (χ4n) is 2.43. The molecule has 1 atom stereocenters. The first-order valence-electron chi connectivity index (χ1n) is 7.19. The van der Waals surface area contributed by atoms with Crippen LogP contribution >= 0.6 is 11.8 Å². The van der Waals surface area contributed by atoms with Crippen LogP contribution in [0.2, 0.25) is 0 Å². The largest absolute Gasteiger partial charge is 0.385 e. The molecule has 3 rings (SSSR count). The molecule has 2 aromatic rings. The highest BCUT2D eigenvalue weighted by Gasteiger charge is 2.29. The molecule has 108 valence electrons. The lowest BCUT2D eigenvalue weighted by Crippen LogP contribution is -2.23. The van der Waals surface area contributed by atoms with E-state index < -0.39 is 0 Å². The molecule has 2 N–H and O–H groups in total. The van der Waals surface area contributed by atoms with E-state index in [1.165, 1.54) is 11.8 Å². The Bertz CT molecular complexity index is 657. The van der Waals surface area contributed by atoms with Gasteiger partial charge in [-0.3, -0.25) is 4.79 Å². The van der Waals surface area contributed by atoms with Crippen molar-refractivity contribution in [1.29, 1.82) is 0 Å². The highest BCUT2D eigenvalue weighted by atomic mass is 32.2. The summed E-state index contributed by atoms with van der Waals surface area (Å²) in [5.74, 6) is 0. The normalized spacial score (nSPS) is 17.0. The highest BCUT2D eigenvalue weighted by Crippen LogP contribution is 2.40. The van der Waals surface area contributed by atoms with Crippen molar-refractivity contribution in [1.82, 2.24) is 0 Å². The number of para-hydroxylation sites is 2. The summed E-state index contributed by atoms with van der Waals surface area (Å²) in [6.07, 6.45) is 1.05. The van der Waals surface area contributed by atoms with Gasteiger partial charge in [-0.15, -0.1) is 0 Å². The number of carbonyl (C=O) groups is 1. The van der Waals surface area contributed by atoms with Gasteiger partial charge in [-0.2, -0.15) is 0 Å². The predicted molar refractivity (Wildman–Crippen MR) is 88.9 cm³/mol. The first kappa shape index (κ1) is 14.0. The van der Waals surface area contributed by atoms with Crippen molar-refractivity contribution < 1.29 is 4.79 Å². The zero-order valence-corrected chi connectivity index (χ0v) is 12.7. The van der Waals surface area contributed by atoms with E-state index in [1.807, 2.05) is 48.5 Å². The van der Waals surface area contributed by atoms with Crippen LogP contribution in [-0.4, -0.2) is 11.7 Å². The van der Waals surface area contributed by atoms with E-state index in [-0.39, 0.29) is 11.2 Å². The number of thioether (sulfide) groups is 1. The second-order valence-electron chi connectivity index (χ2n) is 5.01. The van der Waals surface area contributed by atoms with Gasteiger partial charge >= 0.3 is 0 Å². The Morgan fingerprint density at radius 2 is 1.90 bits per heavy atom. The summed E-state index contributed by atoms with van der Waals surface area (Å²) in [5.41, 5.74) is 3.07. The quantitative estimate of drug-likeness (QED) is 0.883. The monoisotopic (exact) mass is 298 g/mol. The van der Waals surface area contributed by atoms with Crippen molar-refractivity contribution in [2.24, 2.45) is 0 Å². The Morgan fingerprint density at radius 1 is 1.14 bits per heavy atom. The summed E-state index contributed by atoms with van der Waals surface area (Å²) in [6.45, 7) is 3.04. The van der Waals surface area contributed by atoms with Crippen LogP contribution in [0, 0.1) is 0 Å². The summed E-state index contributed by atoms with van der Waals surface area (Å²) in [5, 5.41) is 6.91. The maximum Gasteiger partial charge on any atom is 0.220 e. The third kappa shape index (κ3) is 2.90. The van der Waals surface area contributed by atoms with Gasteiger partial charge in [-0.1, -0.05) is 37.3 Å². The number of benzene rings is 2. The predicted octanol–water partition coefficient (Wildman–Crippen LogP) is 4.29. The maximum atomic E-state index is 12.5. The Labute approximate surface area is 129 Å². The molecule has 0 saturated carbocycles. The zero-order valence-electron chi connectivity index (χ0n) is 11.9.